The number of nitrogens with zero attached hydrogens (tertiary/aromatic N) is 1. The molecule has 2 rings (SSSR count). The molecule has 0 saturated carbocycles. The molecule has 1 saturated heterocycles. The number of carbonyl (C=O) groups excluding carboxylic acids is 2. The number of rotatable bonds is 3. The molecule has 5 heteroatoms. The van der Waals surface area contributed by atoms with Gasteiger partial charge in [0.2, 0.25) is 5.91 Å². The van der Waals surface area contributed by atoms with Gasteiger partial charge in [0.15, 0.2) is 0 Å². The van der Waals surface area contributed by atoms with E-state index in [1.54, 1.807) is 0 Å². The number of nitrogens with one attached hydrogen (secondary N) is 2. The predicted octanol–water partition coefficient (Wildman–Crippen LogP) is 2.32. The molecule has 1 aromatic heterocycles. The topological polar surface area (TPSA) is 65.2 Å². The molecule has 1 fully saturated rings. The fourth-order valence-electron chi connectivity index (χ4n) is 2.99. The third-order valence-corrected chi connectivity index (χ3v) is 4.54. The van der Waals surface area contributed by atoms with Crippen molar-refractivity contribution in [2.75, 3.05) is 13.1 Å². The second-order valence-electron chi connectivity index (χ2n) is 6.63. The lowest BCUT2D eigenvalue weighted by atomic mass is 9.96. The first-order chi connectivity index (χ1) is 10.3. The Bertz CT molecular complexity index is 575. The minimum atomic E-state index is -0.0995. The fraction of sp³-hybridized carbons (Fsp3) is 0.647. The van der Waals surface area contributed by atoms with Gasteiger partial charge in [-0.1, -0.05) is 0 Å². The highest BCUT2D eigenvalue weighted by Crippen LogP contribution is 2.22. The Kier molecular flexibility index (Phi) is 4.94. The van der Waals surface area contributed by atoms with E-state index in [-0.39, 0.29) is 23.8 Å². The summed E-state index contributed by atoms with van der Waals surface area (Å²) in [4.78, 5) is 29.9. The van der Waals surface area contributed by atoms with Crippen LogP contribution in [0.5, 0.6) is 0 Å². The van der Waals surface area contributed by atoms with Crippen LogP contribution in [0.15, 0.2) is 0 Å². The van der Waals surface area contributed by atoms with Crippen molar-refractivity contribution in [3.63, 3.8) is 0 Å². The van der Waals surface area contributed by atoms with Crippen LogP contribution in [0.1, 0.15) is 54.0 Å². The number of hydrogen-bond acceptors (Lipinski definition) is 2. The van der Waals surface area contributed by atoms with E-state index in [0.29, 0.717) is 12.2 Å². The molecule has 2 amide bonds. The molecule has 1 aliphatic rings. The molecule has 122 valence electrons. The molecule has 2 N–H and O–H groups in total. The number of H-pyrrole nitrogens is 1. The average Bonchev–Trinajstić information content (AvgIpc) is 2.73. The van der Waals surface area contributed by atoms with Gasteiger partial charge in [0.25, 0.3) is 5.91 Å². The Morgan fingerprint density at radius 3 is 2.45 bits per heavy atom. The largest absolute Gasteiger partial charge is 0.354 e. The summed E-state index contributed by atoms with van der Waals surface area (Å²) in [6.07, 6.45) is 1.73. The molecule has 2 heterocycles. The number of piperidine rings is 1. The summed E-state index contributed by atoms with van der Waals surface area (Å²) in [7, 11) is 0. The monoisotopic (exact) mass is 305 g/mol. The molecule has 0 aliphatic carbocycles. The predicted molar refractivity (Wildman–Crippen MR) is 86.9 cm³/mol. The SMILES string of the molecule is Cc1[nH]c(C(=O)N2CCC[C@@H](C(=O)NC(C)C)C2)c(C)c1C. The van der Waals surface area contributed by atoms with Crippen LogP contribution < -0.4 is 5.32 Å². The molecule has 1 atom stereocenters. The van der Waals surface area contributed by atoms with Crippen molar-refractivity contribution in [1.29, 1.82) is 0 Å². The third-order valence-electron chi connectivity index (χ3n) is 4.54. The highest BCUT2D eigenvalue weighted by molar-refractivity contribution is 5.95. The van der Waals surface area contributed by atoms with Gasteiger partial charge in [-0.2, -0.15) is 0 Å². The number of aromatic nitrogens is 1. The van der Waals surface area contributed by atoms with Crippen LogP contribution in [0.3, 0.4) is 0 Å². The number of likely N-dealkylation sites (tertiary alicyclic amines) is 1. The Hall–Kier alpha value is -1.78. The van der Waals surface area contributed by atoms with Crippen molar-refractivity contribution >= 4 is 11.8 Å². The van der Waals surface area contributed by atoms with Crippen molar-refractivity contribution in [2.24, 2.45) is 5.92 Å². The molecule has 1 aromatic rings. The van der Waals surface area contributed by atoms with E-state index in [1.165, 1.54) is 0 Å². The third kappa shape index (κ3) is 3.34. The minimum absolute atomic E-state index is 0.00995. The lowest BCUT2D eigenvalue weighted by molar-refractivity contribution is -0.126. The fourth-order valence-corrected chi connectivity index (χ4v) is 2.99. The van der Waals surface area contributed by atoms with Gasteiger partial charge in [-0.3, -0.25) is 9.59 Å². The zero-order valence-corrected chi connectivity index (χ0v) is 14.2. The minimum Gasteiger partial charge on any atom is -0.354 e. The summed E-state index contributed by atoms with van der Waals surface area (Å²) in [5.74, 6) is -0.0311. The van der Waals surface area contributed by atoms with E-state index in [9.17, 15) is 9.59 Å². The van der Waals surface area contributed by atoms with E-state index in [1.807, 2.05) is 39.5 Å². The Morgan fingerprint density at radius 2 is 1.91 bits per heavy atom. The van der Waals surface area contributed by atoms with Gasteiger partial charge in [-0.05, 0) is 58.6 Å². The van der Waals surface area contributed by atoms with Crippen LogP contribution >= 0.6 is 0 Å². The number of aromatic amines is 1. The summed E-state index contributed by atoms with van der Waals surface area (Å²) in [5.41, 5.74) is 3.84. The smallest absolute Gasteiger partial charge is 0.270 e. The molecule has 0 unspecified atom stereocenters. The van der Waals surface area contributed by atoms with Gasteiger partial charge in [-0.15, -0.1) is 0 Å². The Labute approximate surface area is 132 Å². The average molecular weight is 305 g/mol. The number of hydrogen-bond donors (Lipinski definition) is 2. The Balaban J connectivity index is 2.10. The van der Waals surface area contributed by atoms with E-state index in [4.69, 9.17) is 0 Å². The van der Waals surface area contributed by atoms with Crippen LogP contribution in [0, 0.1) is 26.7 Å². The summed E-state index contributed by atoms with van der Waals surface area (Å²) in [6.45, 7) is 11.1. The normalized spacial score (nSPS) is 18.6. The zero-order chi connectivity index (χ0) is 16.4. The lowest BCUT2D eigenvalue weighted by Gasteiger charge is -2.32. The molecule has 1 aliphatic heterocycles. The molecule has 22 heavy (non-hydrogen) atoms. The van der Waals surface area contributed by atoms with Crippen LogP contribution in [-0.4, -0.2) is 40.8 Å². The first-order valence-corrected chi connectivity index (χ1v) is 8.06. The zero-order valence-electron chi connectivity index (χ0n) is 14.2. The lowest BCUT2D eigenvalue weighted by Crippen LogP contribution is -2.46. The quantitative estimate of drug-likeness (QED) is 0.900. The number of carbonyl (C=O) groups is 2. The maximum absolute atomic E-state index is 12.7. The number of amides is 2. The first kappa shape index (κ1) is 16.6. The summed E-state index contributed by atoms with van der Waals surface area (Å²) in [5, 5.41) is 2.95. The standard InChI is InChI=1S/C17H27N3O2/c1-10(2)18-16(21)14-7-6-8-20(9-14)17(22)15-12(4)11(3)13(5)19-15/h10,14,19H,6-9H2,1-5H3,(H,18,21)/t14-/m1/s1. The van der Waals surface area contributed by atoms with Gasteiger partial charge in [-0.25, -0.2) is 0 Å². The maximum Gasteiger partial charge on any atom is 0.270 e. The van der Waals surface area contributed by atoms with Crippen LogP contribution in [-0.2, 0) is 4.79 Å². The summed E-state index contributed by atoms with van der Waals surface area (Å²) >= 11 is 0. The summed E-state index contributed by atoms with van der Waals surface area (Å²) < 4.78 is 0. The van der Waals surface area contributed by atoms with Crippen molar-refractivity contribution in [2.45, 2.75) is 53.5 Å². The highest BCUT2D eigenvalue weighted by atomic mass is 16.2. The van der Waals surface area contributed by atoms with Crippen LogP contribution in [0.4, 0.5) is 0 Å². The van der Waals surface area contributed by atoms with Gasteiger partial charge in [0, 0.05) is 24.8 Å². The van der Waals surface area contributed by atoms with Crippen LogP contribution in [0.25, 0.3) is 0 Å². The van der Waals surface area contributed by atoms with Gasteiger partial charge in [0.05, 0.1) is 5.92 Å². The Morgan fingerprint density at radius 1 is 1.23 bits per heavy atom. The van der Waals surface area contributed by atoms with Gasteiger partial charge < -0.3 is 15.2 Å². The molecular formula is C17H27N3O2. The van der Waals surface area contributed by atoms with Crippen molar-refractivity contribution in [3.05, 3.63) is 22.5 Å². The van der Waals surface area contributed by atoms with Crippen molar-refractivity contribution in [3.8, 4) is 0 Å². The van der Waals surface area contributed by atoms with Crippen molar-refractivity contribution in [1.82, 2.24) is 15.2 Å². The molecule has 0 radical (unpaired) electrons. The summed E-state index contributed by atoms with van der Waals surface area (Å²) in [6, 6.07) is 0.134. The molecule has 0 spiro atoms. The van der Waals surface area contributed by atoms with Crippen molar-refractivity contribution < 1.29 is 9.59 Å². The molecule has 0 aromatic carbocycles. The second kappa shape index (κ2) is 6.55. The van der Waals surface area contributed by atoms with E-state index in [0.717, 1.165) is 36.2 Å². The second-order valence-corrected chi connectivity index (χ2v) is 6.63. The molecular weight excluding hydrogens is 278 g/mol. The first-order valence-electron chi connectivity index (χ1n) is 8.06. The van der Waals surface area contributed by atoms with E-state index in [2.05, 4.69) is 10.3 Å². The molecule has 5 nitrogen and oxygen atoms in total. The van der Waals surface area contributed by atoms with E-state index >= 15 is 0 Å². The van der Waals surface area contributed by atoms with E-state index < -0.39 is 0 Å². The number of aryl methyl sites for hydroxylation is 1. The van der Waals surface area contributed by atoms with Gasteiger partial charge in [0.1, 0.15) is 5.69 Å². The van der Waals surface area contributed by atoms with Crippen LogP contribution in [0.2, 0.25) is 0 Å². The van der Waals surface area contributed by atoms with Gasteiger partial charge >= 0.3 is 0 Å². The maximum atomic E-state index is 12.7. The molecule has 0 bridgehead atoms. The highest BCUT2D eigenvalue weighted by Gasteiger charge is 2.30.